The van der Waals surface area contributed by atoms with Gasteiger partial charge in [0, 0.05) is 24.4 Å². The van der Waals surface area contributed by atoms with E-state index >= 15 is 4.39 Å². The maximum atomic E-state index is 16.9. The number of likely N-dealkylation sites (N-methyl/N-ethyl adjacent to an activating group) is 1. The number of alkyl halides is 1. The molecule has 2 saturated carbocycles. The molecule has 0 amide bonds. The number of pyridine rings is 1. The van der Waals surface area contributed by atoms with Gasteiger partial charge in [0.2, 0.25) is 0 Å². The van der Waals surface area contributed by atoms with Gasteiger partial charge in [0.05, 0.1) is 11.7 Å². The lowest BCUT2D eigenvalue weighted by molar-refractivity contribution is -0.239. The van der Waals surface area contributed by atoms with E-state index in [9.17, 15) is 10.2 Å². The minimum Gasteiger partial charge on any atom is -0.388 e. The molecule has 3 aliphatic carbocycles. The first-order valence-electron chi connectivity index (χ1n) is 11.9. The van der Waals surface area contributed by atoms with Crippen molar-refractivity contribution in [3.05, 3.63) is 47.8 Å². The van der Waals surface area contributed by atoms with E-state index < -0.39 is 29.1 Å². The third-order valence-electron chi connectivity index (χ3n) is 9.62. The van der Waals surface area contributed by atoms with E-state index in [4.69, 9.17) is 4.74 Å². The average molecular weight is 441 g/mol. The van der Waals surface area contributed by atoms with Crippen LogP contribution in [0.25, 0.3) is 5.57 Å². The molecular weight excluding hydrogens is 407 g/mol. The number of hydrogen-bond donors (Lipinski definition) is 2. The molecule has 3 heterocycles. The Morgan fingerprint density at radius 1 is 1.19 bits per heavy atom. The molecule has 1 saturated heterocycles. The van der Waals surface area contributed by atoms with Crippen molar-refractivity contribution in [3.63, 3.8) is 0 Å². The van der Waals surface area contributed by atoms with Crippen molar-refractivity contribution in [3.8, 4) is 0 Å². The van der Waals surface area contributed by atoms with Gasteiger partial charge in [-0.25, -0.2) is 4.39 Å². The lowest BCUT2D eigenvalue weighted by Gasteiger charge is -2.60. The van der Waals surface area contributed by atoms with Gasteiger partial charge in [-0.15, -0.1) is 0 Å². The van der Waals surface area contributed by atoms with Gasteiger partial charge in [-0.3, -0.25) is 4.98 Å². The summed E-state index contributed by atoms with van der Waals surface area (Å²) in [6.45, 7) is 2.27. The molecule has 3 fully saturated rings. The van der Waals surface area contributed by atoms with Crippen LogP contribution in [0.4, 0.5) is 4.39 Å². The van der Waals surface area contributed by atoms with E-state index in [1.165, 1.54) is 5.57 Å². The van der Waals surface area contributed by atoms with Crippen molar-refractivity contribution in [1.29, 1.82) is 0 Å². The van der Waals surface area contributed by atoms with E-state index in [1.54, 1.807) is 12.3 Å². The lowest BCUT2D eigenvalue weighted by Crippen LogP contribution is -2.68. The molecule has 2 unspecified atom stereocenters. The van der Waals surface area contributed by atoms with Crippen LogP contribution in [0.3, 0.4) is 0 Å². The summed E-state index contributed by atoms with van der Waals surface area (Å²) in [4.78, 5) is 6.27. The van der Waals surface area contributed by atoms with Crippen molar-refractivity contribution in [2.45, 2.75) is 80.6 Å². The predicted octanol–water partition coefficient (Wildman–Crippen LogP) is 3.28. The van der Waals surface area contributed by atoms with Crippen LogP contribution in [-0.2, 0) is 4.74 Å². The average Bonchev–Trinajstić information content (AvgIpc) is 3.30. The molecular formula is C26H33FN2O3. The summed E-state index contributed by atoms with van der Waals surface area (Å²) in [7, 11) is 3.83. The van der Waals surface area contributed by atoms with Crippen LogP contribution in [0, 0.1) is 11.3 Å². The van der Waals surface area contributed by atoms with E-state index in [2.05, 4.69) is 24.1 Å². The Bertz CT molecular complexity index is 1010. The van der Waals surface area contributed by atoms with Gasteiger partial charge in [0.1, 0.15) is 11.7 Å². The molecule has 6 heteroatoms. The third-order valence-corrected chi connectivity index (χ3v) is 9.62. The topological polar surface area (TPSA) is 65.8 Å². The maximum Gasteiger partial charge on any atom is 0.158 e. The van der Waals surface area contributed by atoms with Crippen molar-refractivity contribution >= 4 is 5.57 Å². The molecule has 8 atom stereocenters. The molecule has 2 bridgehead atoms. The highest BCUT2D eigenvalue weighted by molar-refractivity contribution is 5.73. The van der Waals surface area contributed by atoms with E-state index in [-0.39, 0.29) is 17.4 Å². The van der Waals surface area contributed by atoms with Gasteiger partial charge < -0.3 is 19.8 Å². The highest BCUT2D eigenvalue weighted by atomic mass is 19.1. The smallest absolute Gasteiger partial charge is 0.158 e. The SMILES string of the molecule is CN(C)[C@H]1C[C@@]23CC[C@]4(O2)C2CC=C(c5cccnc5)[C@@]2(C)CCC4(F)C=C3[C@@H](O)[C@@H]1O. The Morgan fingerprint density at radius 2 is 2.00 bits per heavy atom. The second-order valence-corrected chi connectivity index (χ2v) is 11.2. The molecule has 2 N–H and O–H groups in total. The maximum absolute atomic E-state index is 16.9. The molecule has 6 rings (SSSR count). The van der Waals surface area contributed by atoms with Crippen LogP contribution in [0.2, 0.25) is 0 Å². The highest BCUT2D eigenvalue weighted by Crippen LogP contribution is 2.71. The van der Waals surface area contributed by atoms with Gasteiger partial charge >= 0.3 is 0 Å². The fraction of sp³-hybridized carbons (Fsp3) is 0.654. The number of halogens is 1. The van der Waals surface area contributed by atoms with Crippen LogP contribution in [0.15, 0.2) is 42.3 Å². The number of aromatic nitrogens is 1. The number of rotatable bonds is 2. The van der Waals surface area contributed by atoms with Crippen molar-refractivity contribution in [2.75, 3.05) is 14.1 Å². The molecule has 5 aliphatic rings. The fourth-order valence-electron chi connectivity index (χ4n) is 7.95. The normalized spacial score (nSPS) is 49.2. The first-order chi connectivity index (χ1) is 15.2. The first kappa shape index (κ1) is 21.0. The van der Waals surface area contributed by atoms with Gasteiger partial charge in [-0.05, 0) is 86.9 Å². The van der Waals surface area contributed by atoms with Crippen molar-refractivity contribution < 1.29 is 19.3 Å². The zero-order valence-corrected chi connectivity index (χ0v) is 19.1. The van der Waals surface area contributed by atoms with Crippen LogP contribution in [0.5, 0.6) is 0 Å². The summed E-state index contributed by atoms with van der Waals surface area (Å²) in [5.41, 5.74) is -0.456. The molecule has 1 aromatic rings. The largest absolute Gasteiger partial charge is 0.388 e. The molecule has 2 spiro atoms. The van der Waals surface area contributed by atoms with Gasteiger partial charge in [0.15, 0.2) is 5.67 Å². The number of nitrogens with zero attached hydrogens (tertiary/aromatic N) is 2. The van der Waals surface area contributed by atoms with Gasteiger partial charge in [-0.2, -0.15) is 0 Å². The Kier molecular flexibility index (Phi) is 4.26. The Balaban J connectivity index is 1.44. The minimum absolute atomic E-state index is 0.0305. The second kappa shape index (κ2) is 6.50. The quantitative estimate of drug-likeness (QED) is 0.691. The van der Waals surface area contributed by atoms with Crippen LogP contribution in [-0.4, -0.2) is 69.3 Å². The van der Waals surface area contributed by atoms with Gasteiger partial charge in [0.25, 0.3) is 0 Å². The number of ether oxygens (including phenoxy) is 1. The monoisotopic (exact) mass is 440 g/mol. The van der Waals surface area contributed by atoms with E-state index in [0.717, 1.165) is 18.4 Å². The zero-order valence-electron chi connectivity index (χ0n) is 19.1. The van der Waals surface area contributed by atoms with Gasteiger partial charge in [-0.1, -0.05) is 19.1 Å². The summed E-state index contributed by atoms with van der Waals surface area (Å²) in [6, 6.07) is 3.82. The van der Waals surface area contributed by atoms with Crippen LogP contribution in [0.1, 0.15) is 51.0 Å². The lowest BCUT2D eigenvalue weighted by atomic mass is 9.53. The van der Waals surface area contributed by atoms with E-state index in [0.29, 0.717) is 31.3 Å². The summed E-state index contributed by atoms with van der Waals surface area (Å²) >= 11 is 0. The van der Waals surface area contributed by atoms with E-state index in [1.807, 2.05) is 31.3 Å². The molecule has 2 aliphatic heterocycles. The van der Waals surface area contributed by atoms with Crippen LogP contribution >= 0.6 is 0 Å². The first-order valence-corrected chi connectivity index (χ1v) is 11.9. The number of fused-ring (bicyclic) bond motifs is 1. The summed E-state index contributed by atoms with van der Waals surface area (Å²) in [5.74, 6) is 0.0305. The zero-order chi connectivity index (χ0) is 22.5. The van der Waals surface area contributed by atoms with Crippen molar-refractivity contribution in [1.82, 2.24) is 9.88 Å². The minimum atomic E-state index is -1.63. The fourth-order valence-corrected chi connectivity index (χ4v) is 7.95. The second-order valence-electron chi connectivity index (χ2n) is 11.2. The summed E-state index contributed by atoms with van der Waals surface area (Å²) in [5, 5.41) is 21.8. The molecule has 0 aromatic carbocycles. The molecule has 5 nitrogen and oxygen atoms in total. The number of aliphatic hydroxyl groups excluding tert-OH is 2. The standard InChI is InChI=1S/C26H33FN2O3/c1-23-8-10-25(27)13-18-21(30)22(31)19(29(2)3)14-24(18)9-11-26(25,32-24)20(23)7-6-17(23)16-5-4-12-28-15-16/h4-6,12-13,15,19-22,30-31H,7-11,14H2,1-3H3/t19-,20?,21+,22+,23+,24+,25?,26-/m0/s1. The van der Waals surface area contributed by atoms with Crippen molar-refractivity contribution in [2.24, 2.45) is 11.3 Å². The summed E-state index contributed by atoms with van der Waals surface area (Å²) < 4.78 is 23.9. The molecule has 1 aromatic heterocycles. The summed E-state index contributed by atoms with van der Waals surface area (Å²) in [6.07, 6.45) is 9.38. The predicted molar refractivity (Wildman–Crippen MR) is 119 cm³/mol. The Morgan fingerprint density at radius 3 is 2.72 bits per heavy atom. The Labute approximate surface area is 189 Å². The molecule has 0 radical (unpaired) electrons. The highest BCUT2D eigenvalue weighted by Gasteiger charge is 2.74. The Hall–Kier alpha value is -1.60. The molecule has 32 heavy (non-hydrogen) atoms. The number of hydrogen-bond acceptors (Lipinski definition) is 5. The third kappa shape index (κ3) is 2.39. The number of aliphatic hydroxyl groups is 2. The van der Waals surface area contributed by atoms with Crippen LogP contribution < -0.4 is 0 Å². The molecule has 172 valence electrons. The number of allylic oxidation sites excluding steroid dienone is 2.